The Balaban J connectivity index is 3.31. The Labute approximate surface area is 74.5 Å². The predicted octanol–water partition coefficient (Wildman–Crippen LogP) is 1.75. The van der Waals surface area contributed by atoms with E-state index in [1.165, 1.54) is 0 Å². The van der Waals surface area contributed by atoms with E-state index in [9.17, 15) is 4.39 Å². The van der Waals surface area contributed by atoms with E-state index < -0.39 is 6.17 Å². The normalized spacial score (nSPS) is 14.8. The Hall–Kier alpha value is -0.150. The summed E-state index contributed by atoms with van der Waals surface area (Å²) in [7, 11) is 1.75. The van der Waals surface area contributed by atoms with Gasteiger partial charge in [-0.3, -0.25) is 0 Å². The highest BCUT2D eigenvalue weighted by Crippen LogP contribution is 2.08. The van der Waals surface area contributed by atoms with E-state index in [1.54, 1.807) is 7.05 Å². The van der Waals surface area contributed by atoms with Crippen LogP contribution in [0.15, 0.2) is 0 Å². The van der Waals surface area contributed by atoms with Crippen molar-refractivity contribution in [2.75, 3.05) is 20.2 Å². The summed E-state index contributed by atoms with van der Waals surface area (Å²) in [6, 6.07) is 0. The number of ether oxygens (including phenoxy) is 1. The van der Waals surface area contributed by atoms with Gasteiger partial charge in [0.05, 0.1) is 12.2 Å². The minimum Gasteiger partial charge on any atom is -0.376 e. The van der Waals surface area contributed by atoms with Crippen LogP contribution in [-0.4, -0.2) is 32.0 Å². The van der Waals surface area contributed by atoms with Gasteiger partial charge in [0.25, 0.3) is 0 Å². The van der Waals surface area contributed by atoms with Crippen molar-refractivity contribution in [2.45, 2.75) is 39.0 Å². The Morgan fingerprint density at radius 3 is 2.42 bits per heavy atom. The van der Waals surface area contributed by atoms with E-state index in [0.29, 0.717) is 19.6 Å². The molecule has 0 heterocycles. The second-order valence-electron chi connectivity index (χ2n) is 3.90. The molecule has 0 bridgehead atoms. The van der Waals surface area contributed by atoms with Crippen molar-refractivity contribution in [1.29, 1.82) is 0 Å². The molecule has 0 radical (unpaired) electrons. The third-order valence-corrected chi connectivity index (χ3v) is 1.39. The molecule has 0 saturated carbocycles. The lowest BCUT2D eigenvalue weighted by molar-refractivity contribution is -0.0110. The summed E-state index contributed by atoms with van der Waals surface area (Å²) < 4.78 is 18.2. The summed E-state index contributed by atoms with van der Waals surface area (Å²) in [4.78, 5) is 0. The first-order valence-electron chi connectivity index (χ1n) is 4.38. The highest BCUT2D eigenvalue weighted by Gasteiger charge is 2.11. The average molecular weight is 177 g/mol. The van der Waals surface area contributed by atoms with E-state index in [1.807, 2.05) is 20.8 Å². The summed E-state index contributed by atoms with van der Waals surface area (Å²) in [5.41, 5.74) is -0.153. The molecule has 0 amide bonds. The van der Waals surface area contributed by atoms with Crippen molar-refractivity contribution in [1.82, 2.24) is 5.32 Å². The highest BCUT2D eigenvalue weighted by atomic mass is 19.1. The third-order valence-electron chi connectivity index (χ3n) is 1.39. The van der Waals surface area contributed by atoms with E-state index in [4.69, 9.17) is 4.74 Å². The monoisotopic (exact) mass is 177 g/mol. The molecule has 0 aromatic heterocycles. The lowest BCUT2D eigenvalue weighted by Crippen LogP contribution is -2.25. The van der Waals surface area contributed by atoms with Crippen molar-refractivity contribution in [3.63, 3.8) is 0 Å². The first-order valence-corrected chi connectivity index (χ1v) is 4.38. The standard InChI is InChI=1S/C9H20FNO/c1-9(2,3)12-6-5-8(10)7-11-4/h8,11H,5-7H2,1-4H3/t8-/m1/s1. The first-order chi connectivity index (χ1) is 5.45. The maximum Gasteiger partial charge on any atom is 0.115 e. The maximum absolute atomic E-state index is 12.8. The van der Waals surface area contributed by atoms with Crippen molar-refractivity contribution in [2.24, 2.45) is 0 Å². The van der Waals surface area contributed by atoms with Gasteiger partial charge in [-0.25, -0.2) is 4.39 Å². The van der Waals surface area contributed by atoms with Gasteiger partial charge >= 0.3 is 0 Å². The fourth-order valence-electron chi connectivity index (χ4n) is 0.817. The molecule has 0 rings (SSSR count). The topological polar surface area (TPSA) is 21.3 Å². The quantitative estimate of drug-likeness (QED) is 0.690. The SMILES string of the molecule is CNC[C@H](F)CCOC(C)(C)C. The number of hydrogen-bond acceptors (Lipinski definition) is 2. The molecular formula is C9H20FNO. The van der Waals surface area contributed by atoms with Crippen LogP contribution in [0.4, 0.5) is 4.39 Å². The summed E-state index contributed by atoms with van der Waals surface area (Å²) >= 11 is 0. The molecule has 0 aliphatic carbocycles. The van der Waals surface area contributed by atoms with Crippen LogP contribution in [0.25, 0.3) is 0 Å². The Bertz CT molecular complexity index is 112. The predicted molar refractivity (Wildman–Crippen MR) is 49.1 cm³/mol. The number of rotatable bonds is 5. The largest absolute Gasteiger partial charge is 0.376 e. The molecule has 74 valence electrons. The second kappa shape index (κ2) is 5.49. The van der Waals surface area contributed by atoms with Gasteiger partial charge < -0.3 is 10.1 Å². The Kier molecular flexibility index (Phi) is 5.42. The van der Waals surface area contributed by atoms with Crippen LogP contribution < -0.4 is 5.32 Å². The summed E-state index contributed by atoms with van der Waals surface area (Å²) in [5.74, 6) is 0. The molecule has 12 heavy (non-hydrogen) atoms. The number of hydrogen-bond donors (Lipinski definition) is 1. The van der Waals surface area contributed by atoms with E-state index in [0.717, 1.165) is 0 Å². The molecule has 0 unspecified atom stereocenters. The van der Waals surface area contributed by atoms with Gasteiger partial charge in [0.1, 0.15) is 6.17 Å². The van der Waals surface area contributed by atoms with Crippen molar-refractivity contribution in [3.8, 4) is 0 Å². The second-order valence-corrected chi connectivity index (χ2v) is 3.90. The van der Waals surface area contributed by atoms with Crippen molar-refractivity contribution < 1.29 is 9.13 Å². The van der Waals surface area contributed by atoms with Crippen LogP contribution in [0.1, 0.15) is 27.2 Å². The third kappa shape index (κ3) is 7.95. The van der Waals surface area contributed by atoms with Crippen LogP contribution >= 0.6 is 0 Å². The molecule has 0 aliphatic heterocycles. The zero-order chi connectivity index (χ0) is 9.61. The van der Waals surface area contributed by atoms with Gasteiger partial charge in [0.15, 0.2) is 0 Å². The van der Waals surface area contributed by atoms with Gasteiger partial charge in [-0.1, -0.05) is 0 Å². The molecule has 0 saturated heterocycles. The zero-order valence-electron chi connectivity index (χ0n) is 8.48. The van der Waals surface area contributed by atoms with Crippen LogP contribution in [0, 0.1) is 0 Å². The van der Waals surface area contributed by atoms with Gasteiger partial charge in [0.2, 0.25) is 0 Å². The fraction of sp³-hybridized carbons (Fsp3) is 1.00. The van der Waals surface area contributed by atoms with Crippen LogP contribution in [0.3, 0.4) is 0 Å². The molecule has 0 aliphatic rings. The molecule has 1 atom stereocenters. The molecular weight excluding hydrogens is 157 g/mol. The number of alkyl halides is 1. The summed E-state index contributed by atoms with van der Waals surface area (Å²) in [6.07, 6.45) is -0.324. The minimum absolute atomic E-state index is 0.153. The lowest BCUT2D eigenvalue weighted by Gasteiger charge is -2.20. The minimum atomic E-state index is -0.794. The molecule has 0 spiro atoms. The van der Waals surface area contributed by atoms with Gasteiger partial charge in [-0.2, -0.15) is 0 Å². The molecule has 0 aromatic carbocycles. The molecule has 0 aromatic rings. The van der Waals surface area contributed by atoms with Crippen molar-refractivity contribution >= 4 is 0 Å². The van der Waals surface area contributed by atoms with Gasteiger partial charge in [-0.15, -0.1) is 0 Å². The fourth-order valence-corrected chi connectivity index (χ4v) is 0.817. The van der Waals surface area contributed by atoms with Crippen LogP contribution in [0.2, 0.25) is 0 Å². The Morgan fingerprint density at radius 1 is 1.42 bits per heavy atom. The number of nitrogens with one attached hydrogen (secondary N) is 1. The van der Waals surface area contributed by atoms with E-state index >= 15 is 0 Å². The molecule has 2 nitrogen and oxygen atoms in total. The van der Waals surface area contributed by atoms with Gasteiger partial charge in [0, 0.05) is 13.0 Å². The number of halogens is 1. The van der Waals surface area contributed by atoms with E-state index in [-0.39, 0.29) is 5.60 Å². The average Bonchev–Trinajstić information content (AvgIpc) is 1.84. The summed E-state index contributed by atoms with van der Waals surface area (Å²) in [5, 5.41) is 2.78. The zero-order valence-corrected chi connectivity index (χ0v) is 8.48. The first kappa shape index (κ1) is 11.8. The van der Waals surface area contributed by atoms with Crippen LogP contribution in [0.5, 0.6) is 0 Å². The molecule has 1 N–H and O–H groups in total. The lowest BCUT2D eigenvalue weighted by atomic mass is 10.2. The highest BCUT2D eigenvalue weighted by molar-refractivity contribution is 4.62. The Morgan fingerprint density at radius 2 is 2.00 bits per heavy atom. The van der Waals surface area contributed by atoms with Gasteiger partial charge in [-0.05, 0) is 27.8 Å². The maximum atomic E-state index is 12.8. The van der Waals surface area contributed by atoms with Crippen LogP contribution in [-0.2, 0) is 4.74 Å². The van der Waals surface area contributed by atoms with Crippen molar-refractivity contribution in [3.05, 3.63) is 0 Å². The molecule has 0 fully saturated rings. The summed E-state index contributed by atoms with van der Waals surface area (Å²) in [6.45, 7) is 6.81. The molecule has 3 heteroatoms. The van der Waals surface area contributed by atoms with E-state index in [2.05, 4.69) is 5.32 Å². The smallest absolute Gasteiger partial charge is 0.115 e.